The topological polar surface area (TPSA) is 167 Å². The second-order valence-corrected chi connectivity index (χ2v) is 6.37. The fourth-order valence-corrected chi connectivity index (χ4v) is 1.76. The fraction of sp³-hybridized carbons (Fsp3) is 0.500. The first-order valence-electron chi connectivity index (χ1n) is 8.80. The number of rotatable bonds is 12. The Balaban J connectivity index is -0.000000490. The molecule has 0 spiro atoms. The number of hydrogen-bond acceptors (Lipinski definition) is 10. The summed E-state index contributed by atoms with van der Waals surface area (Å²) in [5, 5.41) is 20.9. The van der Waals surface area contributed by atoms with E-state index in [9.17, 15) is 39.0 Å². The zero-order valence-electron chi connectivity index (χ0n) is 17.8. The average molecular weight is 490 g/mol. The molecule has 177 valence electrons. The Morgan fingerprint density at radius 1 is 0.677 bits per heavy atom. The van der Waals surface area contributed by atoms with Crippen LogP contribution in [0.15, 0.2) is 24.3 Å². The van der Waals surface area contributed by atoms with Gasteiger partial charge in [0.1, 0.15) is 11.6 Å². The van der Waals surface area contributed by atoms with Gasteiger partial charge in [0.2, 0.25) is 0 Å². The smallest absolute Gasteiger partial charge is 0.549 e. The first-order valence-corrected chi connectivity index (χ1v) is 8.80. The van der Waals surface area contributed by atoms with E-state index >= 15 is 0 Å². The van der Waals surface area contributed by atoms with Gasteiger partial charge in [0.15, 0.2) is 0 Å². The van der Waals surface area contributed by atoms with Crippen molar-refractivity contribution in [3.05, 3.63) is 24.3 Å². The van der Waals surface area contributed by atoms with Gasteiger partial charge in [-0.1, -0.05) is 13.2 Å². The summed E-state index contributed by atoms with van der Waals surface area (Å²) in [4.78, 5) is 64.3. The third-order valence-electron chi connectivity index (χ3n) is 3.53. The van der Waals surface area contributed by atoms with E-state index in [0.717, 1.165) is 13.8 Å². The molecule has 0 aromatic rings. The maximum atomic E-state index is 10.9. The van der Waals surface area contributed by atoms with E-state index in [0.29, 0.717) is 0 Å². The van der Waals surface area contributed by atoms with Gasteiger partial charge in [-0.3, -0.25) is 9.59 Å². The number of ketones is 2. The third kappa shape index (κ3) is 15.7. The van der Waals surface area contributed by atoms with Gasteiger partial charge in [-0.25, -0.2) is 9.59 Å². The maximum Gasteiger partial charge on any atom is 2.00 e. The molecular formula is C20H26CuO10. The molecule has 2 unspecified atom stereocenters. The van der Waals surface area contributed by atoms with Crippen molar-refractivity contribution in [2.24, 2.45) is 11.8 Å². The van der Waals surface area contributed by atoms with Crippen LogP contribution in [0.3, 0.4) is 0 Å². The molecule has 0 aliphatic rings. The van der Waals surface area contributed by atoms with Crippen molar-refractivity contribution in [2.75, 3.05) is 13.2 Å². The van der Waals surface area contributed by atoms with Gasteiger partial charge in [0, 0.05) is 11.1 Å². The van der Waals surface area contributed by atoms with E-state index in [2.05, 4.69) is 22.6 Å². The largest absolute Gasteiger partial charge is 2.00 e. The van der Waals surface area contributed by atoms with E-state index in [1.54, 1.807) is 0 Å². The molecule has 0 aliphatic heterocycles. The van der Waals surface area contributed by atoms with Crippen LogP contribution in [0, 0.1) is 11.8 Å². The number of carboxylic acid groups (broad SMARTS) is 2. The number of aliphatic carboxylic acids is 2. The van der Waals surface area contributed by atoms with Crippen molar-refractivity contribution < 1.29 is 65.5 Å². The monoisotopic (exact) mass is 489 g/mol. The zero-order chi connectivity index (χ0) is 24.0. The van der Waals surface area contributed by atoms with E-state index < -0.39 is 47.3 Å². The Labute approximate surface area is 191 Å². The van der Waals surface area contributed by atoms with E-state index in [4.69, 9.17) is 0 Å². The number of carbonyl (C=O) groups excluding carboxylic acids is 6. The Bertz CT molecular complexity index is 623. The fourth-order valence-electron chi connectivity index (χ4n) is 1.76. The molecule has 0 aromatic heterocycles. The van der Waals surface area contributed by atoms with Crippen LogP contribution in [0.5, 0.6) is 0 Å². The van der Waals surface area contributed by atoms with Crippen molar-refractivity contribution >= 4 is 35.4 Å². The molecule has 0 saturated heterocycles. The molecule has 11 heteroatoms. The van der Waals surface area contributed by atoms with Gasteiger partial charge >= 0.3 is 29.0 Å². The van der Waals surface area contributed by atoms with Crippen molar-refractivity contribution in [3.8, 4) is 0 Å². The molecule has 0 heterocycles. The van der Waals surface area contributed by atoms with Crippen LogP contribution >= 0.6 is 0 Å². The second-order valence-electron chi connectivity index (χ2n) is 6.37. The Morgan fingerprint density at radius 2 is 0.935 bits per heavy atom. The van der Waals surface area contributed by atoms with E-state index in [1.807, 2.05) is 0 Å². The second kappa shape index (κ2) is 17.0. The summed E-state index contributed by atoms with van der Waals surface area (Å²) < 4.78 is 9.30. The molecule has 2 atom stereocenters. The van der Waals surface area contributed by atoms with Crippen LogP contribution in [0.25, 0.3) is 0 Å². The van der Waals surface area contributed by atoms with Crippen LogP contribution in [0.2, 0.25) is 0 Å². The van der Waals surface area contributed by atoms with Crippen LogP contribution in [0.1, 0.15) is 40.5 Å². The number of carboxylic acids is 2. The number of hydrogen-bond donors (Lipinski definition) is 0. The van der Waals surface area contributed by atoms with Gasteiger partial charge in [0.05, 0.1) is 37.0 Å². The minimum absolute atomic E-state index is 0. The van der Waals surface area contributed by atoms with Crippen molar-refractivity contribution in [2.45, 2.75) is 40.5 Å². The molecule has 31 heavy (non-hydrogen) atoms. The minimum Gasteiger partial charge on any atom is -0.549 e. The van der Waals surface area contributed by atoms with Gasteiger partial charge in [-0.2, -0.15) is 0 Å². The van der Waals surface area contributed by atoms with E-state index in [-0.39, 0.29) is 54.3 Å². The van der Waals surface area contributed by atoms with Gasteiger partial charge in [-0.15, -0.1) is 0 Å². The molecular weight excluding hydrogens is 464 g/mol. The third-order valence-corrected chi connectivity index (χ3v) is 3.53. The summed E-state index contributed by atoms with van der Waals surface area (Å²) in [5.74, 6) is -7.57. The summed E-state index contributed by atoms with van der Waals surface area (Å²) in [6.45, 7) is 11.7. The molecule has 1 radical (unpaired) electrons. The predicted molar refractivity (Wildman–Crippen MR) is 99.1 cm³/mol. The molecule has 0 N–H and O–H groups in total. The minimum atomic E-state index is -1.45. The van der Waals surface area contributed by atoms with Gasteiger partial charge < -0.3 is 29.3 Å². The van der Waals surface area contributed by atoms with Crippen molar-refractivity contribution in [1.82, 2.24) is 0 Å². The molecule has 0 bridgehead atoms. The van der Waals surface area contributed by atoms with E-state index in [1.165, 1.54) is 13.8 Å². The first kappa shape index (κ1) is 32.9. The summed E-state index contributed by atoms with van der Waals surface area (Å²) in [6.07, 6.45) is -0.145. The van der Waals surface area contributed by atoms with Gasteiger partial charge in [-0.05, 0) is 40.5 Å². The summed E-state index contributed by atoms with van der Waals surface area (Å²) in [7, 11) is 0. The van der Waals surface area contributed by atoms with Crippen LogP contribution < -0.4 is 10.2 Å². The SMILES string of the molecule is C=C(C)C(=O)OCCC(C(C)=O)C(=O)[O-].C=C(C)C(=O)OCCC(C(C)=O)C(=O)[O-].[Cu+2]. The molecule has 0 aromatic carbocycles. The number of carbonyl (C=O) groups is 6. The molecule has 0 fully saturated rings. The molecule has 0 rings (SSSR count). The number of ether oxygens (including phenoxy) is 2. The summed E-state index contributed by atoms with van der Waals surface area (Å²) >= 11 is 0. The summed E-state index contributed by atoms with van der Waals surface area (Å²) in [5.41, 5.74) is 0.450. The Kier molecular flexibility index (Phi) is 18.0. The predicted octanol–water partition coefficient (Wildman–Crippen LogP) is -1.10. The molecule has 10 nitrogen and oxygen atoms in total. The Morgan fingerprint density at radius 3 is 1.10 bits per heavy atom. The number of esters is 2. The Hall–Kier alpha value is -2.78. The van der Waals surface area contributed by atoms with Crippen molar-refractivity contribution in [3.63, 3.8) is 0 Å². The summed E-state index contributed by atoms with van der Waals surface area (Å²) in [6, 6.07) is 0. The van der Waals surface area contributed by atoms with Crippen LogP contribution in [-0.2, 0) is 55.3 Å². The first-order chi connectivity index (χ1) is 13.7. The molecule has 0 amide bonds. The molecule has 0 saturated carbocycles. The maximum absolute atomic E-state index is 10.9. The normalized spacial score (nSPS) is 11.2. The molecule has 0 aliphatic carbocycles. The van der Waals surface area contributed by atoms with Crippen molar-refractivity contribution in [1.29, 1.82) is 0 Å². The van der Waals surface area contributed by atoms with Crippen LogP contribution in [0.4, 0.5) is 0 Å². The number of Topliss-reactive ketones (excluding diaryl/α,β-unsaturated/α-hetero) is 2. The quantitative estimate of drug-likeness (QED) is 0.142. The standard InChI is InChI=1S/2C10H14O5.Cu/c2*1-6(2)10(14)15-5-4-8(7(3)11)9(12)13;/h2*8H,1,4-5H2,2-3H3,(H,12,13);/q;;+2/p-2. The zero-order valence-corrected chi connectivity index (χ0v) is 18.7. The average Bonchev–Trinajstić information content (AvgIpc) is 2.60. The van der Waals surface area contributed by atoms with Crippen LogP contribution in [-0.4, -0.2) is 48.7 Å². The van der Waals surface area contributed by atoms with Gasteiger partial charge in [0.25, 0.3) is 0 Å².